The summed E-state index contributed by atoms with van der Waals surface area (Å²) in [7, 11) is 0. The number of amides is 2. The third-order valence-corrected chi connectivity index (χ3v) is 10.8. The number of carbonyl (C=O) groups excluding carboxylic acids is 2. The molecule has 324 valence electrons. The summed E-state index contributed by atoms with van der Waals surface area (Å²) in [6.45, 7) is 2.52. The average Bonchev–Trinajstić information content (AvgIpc) is 3.14. The van der Waals surface area contributed by atoms with Gasteiger partial charge >= 0.3 is 5.97 Å². The van der Waals surface area contributed by atoms with Gasteiger partial charge in [0, 0.05) is 26.2 Å². The number of hydrogen-bond donors (Lipinski definition) is 14. The Balaban J connectivity index is 1.72. The minimum atomic E-state index is -3.06. The van der Waals surface area contributed by atoms with Gasteiger partial charge in [-0.3, -0.25) is 9.59 Å². The van der Waals surface area contributed by atoms with Gasteiger partial charge in [0.05, 0.1) is 68.5 Å². The number of carboxylic acids is 1. The second-order valence-corrected chi connectivity index (χ2v) is 14.8. The molecule has 2 amide bonds. The molecule has 19 unspecified atom stereocenters. The molecule has 4 rings (SSSR count). The lowest BCUT2D eigenvalue weighted by atomic mass is 9.79. The van der Waals surface area contributed by atoms with Crippen molar-refractivity contribution in [3.63, 3.8) is 0 Å². The van der Waals surface area contributed by atoms with Crippen LogP contribution in [-0.4, -0.2) is 221 Å². The average molecular weight is 817 g/mol. The highest BCUT2D eigenvalue weighted by atomic mass is 16.8. The smallest absolute Gasteiger partial charge is 0.364 e. The quantitative estimate of drug-likeness (QED) is 0.0774. The summed E-state index contributed by atoms with van der Waals surface area (Å²) in [5, 5.41) is 132. The normalized spacial score (nSPS) is 45.7. The molecule has 4 fully saturated rings. The molecule has 4 saturated heterocycles. The van der Waals surface area contributed by atoms with Crippen molar-refractivity contribution in [2.45, 2.75) is 162 Å². The molecular formula is C33H56N2O21. The lowest BCUT2D eigenvalue weighted by Crippen LogP contribution is -2.71. The molecule has 56 heavy (non-hydrogen) atoms. The van der Waals surface area contributed by atoms with Gasteiger partial charge in [0.15, 0.2) is 6.29 Å². The van der Waals surface area contributed by atoms with Crippen LogP contribution in [0.3, 0.4) is 0 Å². The van der Waals surface area contributed by atoms with Gasteiger partial charge in [-0.15, -0.1) is 0 Å². The Bertz CT molecular complexity index is 1330. The number of carboxylic acid groups (broad SMARTS) is 1. The molecule has 4 aliphatic rings. The first-order chi connectivity index (χ1) is 26.2. The molecule has 14 N–H and O–H groups in total. The summed E-state index contributed by atoms with van der Waals surface area (Å²) in [6, 6.07) is -2.67. The third-order valence-electron chi connectivity index (χ3n) is 10.8. The van der Waals surface area contributed by atoms with Gasteiger partial charge in [-0.05, 0) is 20.3 Å². The van der Waals surface area contributed by atoms with Gasteiger partial charge in [0.2, 0.25) is 11.8 Å². The standard InChI is InChI=1S/C33H56N2O21/c1-10-20(34-12(3)39)28(14(18(8-37)51-10)5-17-24(45)26(47)22(43)11(2)52-17)54-31-27(48)30(25(46)19(9-38)53-31)56-33(32(49)50)6-15(41)21(35-13(4)40)29(55-33)23(44)16(42)7-36/h10-11,14-31,36-38,41-48H,5-9H2,1-4H3,(H,34,39)(H,35,40)(H,49,50)/t10?,11?,14?,15?,16-,17?,18?,19?,20?,21?,22?,23-,24?,25?,26?,27?,28?,29?,30?,31?,33?/m1/s1. The van der Waals surface area contributed by atoms with Crippen molar-refractivity contribution < 1.29 is 104 Å². The van der Waals surface area contributed by atoms with Crippen LogP contribution in [-0.2, 0) is 42.8 Å². The van der Waals surface area contributed by atoms with Crippen molar-refractivity contribution in [3.8, 4) is 0 Å². The zero-order valence-electron chi connectivity index (χ0n) is 31.1. The van der Waals surface area contributed by atoms with Crippen LogP contribution in [0.4, 0.5) is 0 Å². The van der Waals surface area contributed by atoms with Crippen molar-refractivity contribution in [2.24, 2.45) is 5.92 Å². The van der Waals surface area contributed by atoms with E-state index in [1.807, 2.05) is 0 Å². The number of nitrogens with one attached hydrogen (secondary N) is 2. The molecule has 0 aliphatic carbocycles. The van der Waals surface area contributed by atoms with E-state index < -0.39 is 172 Å². The molecule has 23 heteroatoms. The Kier molecular flexibility index (Phi) is 15.9. The molecule has 0 aromatic rings. The number of hydrogen-bond acceptors (Lipinski definition) is 20. The fraction of sp³-hybridized carbons (Fsp3) is 0.909. The van der Waals surface area contributed by atoms with Crippen molar-refractivity contribution in [1.29, 1.82) is 0 Å². The molecule has 23 nitrogen and oxygen atoms in total. The second-order valence-electron chi connectivity index (χ2n) is 14.8. The summed E-state index contributed by atoms with van der Waals surface area (Å²) in [5.74, 6) is -7.43. The molecule has 4 aliphatic heterocycles. The number of ether oxygens (including phenoxy) is 6. The first-order valence-electron chi connectivity index (χ1n) is 18.2. The Labute approximate surface area is 320 Å². The highest BCUT2D eigenvalue weighted by molar-refractivity contribution is 5.76. The Hall–Kier alpha value is -2.27. The SMILES string of the molecule is CC(=O)NC1C(C)OC(CO)C(CC2OC(C)C(O)C(O)C2O)C1OC1OC(CO)C(O)C(OC2(C(=O)O)CC(O)C(NC(C)=O)C([C@H](O)[C@H](O)CO)O2)C1O. The van der Waals surface area contributed by atoms with Crippen LogP contribution in [0.1, 0.15) is 40.5 Å². The lowest BCUT2D eigenvalue weighted by Gasteiger charge is -2.52. The maximum absolute atomic E-state index is 12.9. The summed E-state index contributed by atoms with van der Waals surface area (Å²) in [4.78, 5) is 37.3. The van der Waals surface area contributed by atoms with Gasteiger partial charge in [0.25, 0.3) is 5.79 Å². The first-order valence-corrected chi connectivity index (χ1v) is 18.2. The summed E-state index contributed by atoms with van der Waals surface area (Å²) in [6.07, 6.45) is -29.5. The Morgan fingerprint density at radius 2 is 1.34 bits per heavy atom. The fourth-order valence-corrected chi connectivity index (χ4v) is 7.82. The number of carbonyl (C=O) groups is 3. The molecule has 0 spiro atoms. The number of aliphatic hydroxyl groups excluding tert-OH is 11. The zero-order chi connectivity index (χ0) is 42.0. The van der Waals surface area contributed by atoms with Crippen LogP contribution in [0.15, 0.2) is 0 Å². The monoisotopic (exact) mass is 816 g/mol. The highest BCUT2D eigenvalue weighted by Crippen LogP contribution is 2.40. The van der Waals surface area contributed by atoms with E-state index in [1.165, 1.54) is 20.8 Å². The van der Waals surface area contributed by atoms with E-state index in [-0.39, 0.29) is 6.42 Å². The van der Waals surface area contributed by atoms with E-state index in [9.17, 15) is 75.7 Å². The largest absolute Gasteiger partial charge is 0.477 e. The predicted molar refractivity (Wildman–Crippen MR) is 180 cm³/mol. The second kappa shape index (κ2) is 19.2. The lowest BCUT2D eigenvalue weighted by molar-refractivity contribution is -0.377. The first kappa shape index (κ1) is 46.4. The van der Waals surface area contributed by atoms with Crippen molar-refractivity contribution >= 4 is 17.8 Å². The van der Waals surface area contributed by atoms with Crippen LogP contribution in [0.2, 0.25) is 0 Å². The molecule has 0 radical (unpaired) electrons. The molecule has 0 aromatic carbocycles. The van der Waals surface area contributed by atoms with E-state index >= 15 is 0 Å². The maximum atomic E-state index is 12.9. The van der Waals surface area contributed by atoms with Crippen molar-refractivity contribution in [3.05, 3.63) is 0 Å². The van der Waals surface area contributed by atoms with E-state index in [4.69, 9.17) is 28.4 Å². The summed E-state index contributed by atoms with van der Waals surface area (Å²) >= 11 is 0. The van der Waals surface area contributed by atoms with E-state index in [0.717, 1.165) is 6.92 Å². The molecule has 21 atom stereocenters. The van der Waals surface area contributed by atoms with Gasteiger partial charge in [-0.1, -0.05) is 0 Å². The molecule has 0 saturated carbocycles. The Morgan fingerprint density at radius 1 is 0.750 bits per heavy atom. The molecule has 4 heterocycles. The molecule has 0 aromatic heterocycles. The summed E-state index contributed by atoms with van der Waals surface area (Å²) in [5.41, 5.74) is 0. The van der Waals surface area contributed by atoms with Crippen molar-refractivity contribution in [2.75, 3.05) is 19.8 Å². The van der Waals surface area contributed by atoms with Crippen molar-refractivity contribution in [1.82, 2.24) is 10.6 Å². The van der Waals surface area contributed by atoms with Gasteiger partial charge in [0.1, 0.15) is 61.0 Å². The highest BCUT2D eigenvalue weighted by Gasteiger charge is 2.60. The minimum absolute atomic E-state index is 0.254. The van der Waals surface area contributed by atoms with Gasteiger partial charge in [-0.2, -0.15) is 0 Å². The van der Waals surface area contributed by atoms with Crippen LogP contribution in [0.5, 0.6) is 0 Å². The Morgan fingerprint density at radius 3 is 1.89 bits per heavy atom. The van der Waals surface area contributed by atoms with Crippen LogP contribution in [0, 0.1) is 5.92 Å². The zero-order valence-corrected chi connectivity index (χ0v) is 31.1. The molecular weight excluding hydrogens is 760 g/mol. The van der Waals surface area contributed by atoms with Crippen LogP contribution < -0.4 is 10.6 Å². The fourth-order valence-electron chi connectivity index (χ4n) is 7.82. The van der Waals surface area contributed by atoms with Crippen LogP contribution >= 0.6 is 0 Å². The molecule has 0 bridgehead atoms. The van der Waals surface area contributed by atoms with Gasteiger partial charge in [-0.25, -0.2) is 4.79 Å². The predicted octanol–water partition coefficient (Wildman–Crippen LogP) is -7.49. The maximum Gasteiger partial charge on any atom is 0.364 e. The topological polar surface area (TPSA) is 373 Å². The summed E-state index contributed by atoms with van der Waals surface area (Å²) < 4.78 is 35.2. The number of rotatable bonds is 14. The third kappa shape index (κ3) is 9.77. The van der Waals surface area contributed by atoms with E-state index in [0.29, 0.717) is 0 Å². The van der Waals surface area contributed by atoms with Gasteiger partial charge < -0.3 is 100 Å². The number of aliphatic carboxylic acids is 1. The van der Waals surface area contributed by atoms with Crippen LogP contribution in [0.25, 0.3) is 0 Å². The van der Waals surface area contributed by atoms with E-state index in [2.05, 4.69) is 10.6 Å². The number of aliphatic hydroxyl groups is 11. The van der Waals surface area contributed by atoms with E-state index in [1.54, 1.807) is 0 Å². The minimum Gasteiger partial charge on any atom is -0.477 e.